The van der Waals surface area contributed by atoms with Crippen molar-refractivity contribution in [2.24, 2.45) is 23.3 Å². The van der Waals surface area contributed by atoms with Gasteiger partial charge >= 0.3 is 17.9 Å². The van der Waals surface area contributed by atoms with Crippen molar-refractivity contribution in [3.8, 4) is 0 Å². The third-order valence-corrected chi connectivity index (χ3v) is 9.81. The molecule has 1 aliphatic heterocycles. The number of nitrogens with zero attached hydrogens (tertiary/aromatic N) is 1. The summed E-state index contributed by atoms with van der Waals surface area (Å²) in [6.45, 7) is 6.60. The van der Waals surface area contributed by atoms with Gasteiger partial charge in [0.05, 0.1) is 18.9 Å². The Kier molecular flexibility index (Phi) is 19.4. The standard InChI is InChI=1S/C38H56N8O13/c1-5-20(4)31(37(57)46-15-9-12-26(46)35(55)41-23(13-14-28(48)49)33(53)43-25(38(58)59)17-27(40)47)45-34(54)24(18-29(50)51)42-36(56)30(19(2)3)44-32(52)22(39)16-21-10-7-6-8-11-21/h6-8,10-11,19-20,22-26,30-31H,5,9,12-18,39H2,1-4H3,(H2,40,47)(H,41,55)(H,42,56)(H,43,53)(H,44,52)(H,45,54)(H,48,49)(H,50,51)(H,58,59)/t20-,22-,23-,24-,25-,26-,30-,31-/m0/s1. The van der Waals surface area contributed by atoms with E-state index in [2.05, 4.69) is 26.6 Å². The van der Waals surface area contributed by atoms with Gasteiger partial charge in [0.2, 0.25) is 41.4 Å². The molecule has 21 heteroatoms. The van der Waals surface area contributed by atoms with E-state index in [0.29, 0.717) is 12.8 Å². The number of benzene rings is 1. The van der Waals surface area contributed by atoms with Crippen molar-refractivity contribution >= 4 is 59.3 Å². The zero-order valence-corrected chi connectivity index (χ0v) is 33.5. The molecule has 1 aliphatic rings. The number of nitrogens with one attached hydrogen (secondary N) is 5. The van der Waals surface area contributed by atoms with Crippen LogP contribution in [-0.4, -0.2) is 128 Å². The van der Waals surface area contributed by atoms with Gasteiger partial charge in [-0.15, -0.1) is 0 Å². The van der Waals surface area contributed by atoms with Crippen molar-refractivity contribution in [2.45, 2.75) is 121 Å². The second kappa shape index (κ2) is 23.3. The third-order valence-electron chi connectivity index (χ3n) is 9.81. The molecule has 1 fully saturated rings. The first-order valence-electron chi connectivity index (χ1n) is 19.2. The molecule has 1 aromatic carbocycles. The van der Waals surface area contributed by atoms with Crippen molar-refractivity contribution in [3.05, 3.63) is 35.9 Å². The minimum absolute atomic E-state index is 0.0167. The first-order chi connectivity index (χ1) is 27.7. The second-order valence-electron chi connectivity index (χ2n) is 14.8. The summed E-state index contributed by atoms with van der Waals surface area (Å²) in [5.41, 5.74) is 12.0. The van der Waals surface area contributed by atoms with Gasteiger partial charge in [-0.1, -0.05) is 64.4 Å². The summed E-state index contributed by atoms with van der Waals surface area (Å²) in [5, 5.41) is 40.2. The maximum Gasteiger partial charge on any atom is 0.326 e. The van der Waals surface area contributed by atoms with Crippen LogP contribution in [0.3, 0.4) is 0 Å². The largest absolute Gasteiger partial charge is 0.481 e. The molecule has 12 N–H and O–H groups in total. The first kappa shape index (κ1) is 49.0. The van der Waals surface area contributed by atoms with Crippen molar-refractivity contribution < 1.29 is 63.3 Å². The SMILES string of the molecule is CC[C@H](C)[C@H](NC(=O)[C@H](CC(=O)O)NC(=O)[C@@H](NC(=O)[C@@H](N)Cc1ccccc1)C(C)C)C(=O)N1CCC[C@H]1C(=O)N[C@@H](CCC(=O)O)C(=O)N[C@@H](CC(N)=O)C(=O)O. The highest BCUT2D eigenvalue weighted by Gasteiger charge is 2.42. The summed E-state index contributed by atoms with van der Waals surface area (Å²) in [5.74, 6) is -11.9. The zero-order valence-electron chi connectivity index (χ0n) is 33.5. The quantitative estimate of drug-likeness (QED) is 0.0538. The molecule has 1 aromatic rings. The average Bonchev–Trinajstić information content (AvgIpc) is 3.66. The van der Waals surface area contributed by atoms with Crippen LogP contribution in [0.4, 0.5) is 0 Å². The van der Waals surface area contributed by atoms with E-state index in [1.165, 1.54) is 0 Å². The Morgan fingerprint density at radius 1 is 0.746 bits per heavy atom. The second-order valence-corrected chi connectivity index (χ2v) is 14.8. The van der Waals surface area contributed by atoms with Crippen LogP contribution >= 0.6 is 0 Å². The molecule has 0 aromatic heterocycles. The van der Waals surface area contributed by atoms with Crippen LogP contribution in [0.5, 0.6) is 0 Å². The van der Waals surface area contributed by atoms with Gasteiger partial charge in [-0.25, -0.2) is 4.79 Å². The van der Waals surface area contributed by atoms with Gasteiger partial charge < -0.3 is 58.3 Å². The monoisotopic (exact) mass is 832 g/mol. The fraction of sp³-hybridized carbons (Fsp3) is 0.579. The summed E-state index contributed by atoms with van der Waals surface area (Å²) in [6, 6.07) is -1.02. The minimum atomic E-state index is -1.78. The number of amides is 7. The maximum absolute atomic E-state index is 14.1. The van der Waals surface area contributed by atoms with Crippen LogP contribution in [0, 0.1) is 11.8 Å². The van der Waals surface area contributed by atoms with Crippen molar-refractivity contribution in [3.63, 3.8) is 0 Å². The average molecular weight is 833 g/mol. The lowest BCUT2D eigenvalue weighted by atomic mass is 9.96. The van der Waals surface area contributed by atoms with Crippen LogP contribution in [0.2, 0.25) is 0 Å². The van der Waals surface area contributed by atoms with Crippen molar-refractivity contribution in [2.75, 3.05) is 6.54 Å². The number of nitrogens with two attached hydrogens (primary N) is 2. The molecular formula is C38H56N8O13. The normalized spacial score (nSPS) is 17.2. The Balaban J connectivity index is 2.28. The van der Waals surface area contributed by atoms with Crippen LogP contribution in [0.25, 0.3) is 0 Å². The van der Waals surface area contributed by atoms with E-state index in [0.717, 1.165) is 10.5 Å². The lowest BCUT2D eigenvalue weighted by Gasteiger charge is -2.33. The molecule has 1 saturated heterocycles. The van der Waals surface area contributed by atoms with Gasteiger partial charge in [-0.2, -0.15) is 0 Å². The van der Waals surface area contributed by atoms with Gasteiger partial charge in [-0.3, -0.25) is 43.2 Å². The Labute approximate surface area is 340 Å². The Bertz CT molecular complexity index is 1710. The molecule has 7 amide bonds. The van der Waals surface area contributed by atoms with Crippen LogP contribution in [0.15, 0.2) is 30.3 Å². The highest BCUT2D eigenvalue weighted by molar-refractivity contribution is 5.98. The molecule has 0 saturated carbocycles. The summed E-state index contributed by atoms with van der Waals surface area (Å²) in [6.07, 6.45) is -1.93. The van der Waals surface area contributed by atoms with Crippen LogP contribution in [-0.2, 0) is 54.4 Å². The predicted molar refractivity (Wildman–Crippen MR) is 207 cm³/mol. The molecule has 59 heavy (non-hydrogen) atoms. The molecular weight excluding hydrogens is 776 g/mol. The number of hydrogen-bond donors (Lipinski definition) is 10. The number of hydrogen-bond acceptors (Lipinski definition) is 11. The van der Waals surface area contributed by atoms with E-state index in [4.69, 9.17) is 11.5 Å². The summed E-state index contributed by atoms with van der Waals surface area (Å²) in [7, 11) is 0. The molecule has 0 bridgehead atoms. The molecule has 8 atom stereocenters. The van der Waals surface area contributed by atoms with Crippen molar-refractivity contribution in [1.29, 1.82) is 0 Å². The highest BCUT2D eigenvalue weighted by Crippen LogP contribution is 2.22. The maximum atomic E-state index is 14.1. The number of rotatable bonds is 24. The number of carbonyl (C=O) groups excluding carboxylic acids is 7. The number of likely N-dealkylation sites (tertiary alicyclic amines) is 1. The zero-order chi connectivity index (χ0) is 44.6. The fourth-order valence-corrected chi connectivity index (χ4v) is 6.30. The molecule has 1 heterocycles. The van der Waals surface area contributed by atoms with Gasteiger partial charge in [0.1, 0.15) is 36.3 Å². The molecule has 0 radical (unpaired) electrons. The number of carboxylic acid groups (broad SMARTS) is 3. The Morgan fingerprint density at radius 2 is 1.34 bits per heavy atom. The van der Waals surface area contributed by atoms with E-state index in [1.54, 1.807) is 58.0 Å². The molecule has 326 valence electrons. The number of aliphatic carboxylic acids is 3. The Hall–Kier alpha value is -6.12. The van der Waals surface area contributed by atoms with E-state index < -0.39 is 139 Å². The minimum Gasteiger partial charge on any atom is -0.481 e. The Morgan fingerprint density at radius 3 is 1.88 bits per heavy atom. The third kappa shape index (κ3) is 15.6. The van der Waals surface area contributed by atoms with Gasteiger partial charge in [-0.05, 0) is 43.1 Å². The summed E-state index contributed by atoms with van der Waals surface area (Å²) in [4.78, 5) is 128. The first-order valence-corrected chi connectivity index (χ1v) is 19.2. The van der Waals surface area contributed by atoms with E-state index in [1.807, 2.05) is 0 Å². The smallest absolute Gasteiger partial charge is 0.326 e. The topological polar surface area (TPSA) is 347 Å². The lowest BCUT2D eigenvalue weighted by molar-refractivity contribution is -0.145. The van der Waals surface area contributed by atoms with E-state index in [-0.39, 0.29) is 19.4 Å². The highest BCUT2D eigenvalue weighted by atomic mass is 16.4. The lowest BCUT2D eigenvalue weighted by Crippen LogP contribution is -2.61. The molecule has 0 aliphatic carbocycles. The summed E-state index contributed by atoms with van der Waals surface area (Å²) < 4.78 is 0. The molecule has 2 rings (SSSR count). The van der Waals surface area contributed by atoms with Crippen LogP contribution in [0.1, 0.15) is 78.2 Å². The van der Waals surface area contributed by atoms with Gasteiger partial charge in [0.15, 0.2) is 0 Å². The number of carboxylic acids is 3. The number of primary amides is 1. The van der Waals surface area contributed by atoms with Gasteiger partial charge in [0.25, 0.3) is 0 Å². The fourth-order valence-electron chi connectivity index (χ4n) is 6.30. The van der Waals surface area contributed by atoms with Crippen molar-refractivity contribution in [1.82, 2.24) is 31.5 Å². The number of carbonyl (C=O) groups is 10. The van der Waals surface area contributed by atoms with E-state index in [9.17, 15) is 63.3 Å². The molecule has 0 spiro atoms. The predicted octanol–water partition coefficient (Wildman–Crippen LogP) is -2.03. The van der Waals surface area contributed by atoms with E-state index >= 15 is 0 Å². The molecule has 0 unspecified atom stereocenters. The summed E-state index contributed by atoms with van der Waals surface area (Å²) >= 11 is 0. The molecule has 21 nitrogen and oxygen atoms in total. The van der Waals surface area contributed by atoms with Gasteiger partial charge in [0, 0.05) is 13.0 Å². The van der Waals surface area contributed by atoms with Crippen LogP contribution < -0.4 is 38.1 Å².